The number of nitro groups is 1. The normalized spacial score (nSPS) is 10.0. The Morgan fingerprint density at radius 2 is 1.57 bits per heavy atom. The van der Waals surface area contributed by atoms with Crippen LogP contribution >= 0.6 is 0 Å². The second-order valence-corrected chi connectivity index (χ2v) is 5.69. The van der Waals surface area contributed by atoms with E-state index in [4.69, 9.17) is 0 Å². The Labute approximate surface area is 160 Å². The van der Waals surface area contributed by atoms with Crippen LogP contribution in [0.5, 0.6) is 0 Å². The smallest absolute Gasteiger partial charge is 0.299 e. The van der Waals surface area contributed by atoms with Gasteiger partial charge in [0.15, 0.2) is 0 Å². The van der Waals surface area contributed by atoms with Gasteiger partial charge in [-0.25, -0.2) is 9.97 Å². The second kappa shape index (κ2) is 8.45. The second-order valence-electron chi connectivity index (χ2n) is 5.69. The SMILES string of the molecule is Cc1ccccc1C(=O)NNc1ncnc(NNc2ccccc2)c1[N+](=O)[O-]. The number of para-hydroxylation sites is 1. The van der Waals surface area contributed by atoms with Crippen LogP contribution in [0.25, 0.3) is 0 Å². The Hall–Kier alpha value is -4.21. The van der Waals surface area contributed by atoms with E-state index in [2.05, 4.69) is 31.7 Å². The summed E-state index contributed by atoms with van der Waals surface area (Å²) in [4.78, 5) is 30.9. The van der Waals surface area contributed by atoms with Crippen molar-refractivity contribution in [1.29, 1.82) is 0 Å². The number of rotatable bonds is 7. The lowest BCUT2D eigenvalue weighted by molar-refractivity contribution is -0.383. The molecule has 3 aromatic rings. The minimum atomic E-state index is -0.642. The van der Waals surface area contributed by atoms with Crippen LogP contribution in [0.2, 0.25) is 0 Å². The van der Waals surface area contributed by atoms with E-state index in [9.17, 15) is 14.9 Å². The molecule has 0 saturated carbocycles. The third-order valence-corrected chi connectivity index (χ3v) is 3.79. The van der Waals surface area contributed by atoms with E-state index in [1.807, 2.05) is 24.3 Å². The summed E-state index contributed by atoms with van der Waals surface area (Å²) in [6.45, 7) is 1.79. The summed E-state index contributed by atoms with van der Waals surface area (Å²) in [5.74, 6) is -0.654. The number of nitrogens with zero attached hydrogens (tertiary/aromatic N) is 3. The molecule has 0 spiro atoms. The van der Waals surface area contributed by atoms with Crippen LogP contribution in [0.15, 0.2) is 60.9 Å². The lowest BCUT2D eigenvalue weighted by atomic mass is 10.1. The van der Waals surface area contributed by atoms with Crippen molar-refractivity contribution in [3.63, 3.8) is 0 Å². The van der Waals surface area contributed by atoms with Gasteiger partial charge in [-0.1, -0.05) is 36.4 Å². The number of hydrogen-bond acceptors (Lipinski definition) is 8. The van der Waals surface area contributed by atoms with Crippen molar-refractivity contribution in [3.8, 4) is 0 Å². The molecule has 10 nitrogen and oxygen atoms in total. The molecule has 0 aliphatic carbocycles. The number of carbonyl (C=O) groups excluding carboxylic acids is 1. The summed E-state index contributed by atoms with van der Waals surface area (Å²) >= 11 is 0. The molecule has 0 fully saturated rings. The van der Waals surface area contributed by atoms with Crippen molar-refractivity contribution in [1.82, 2.24) is 15.4 Å². The summed E-state index contributed by atoms with van der Waals surface area (Å²) in [6.07, 6.45) is 1.14. The zero-order chi connectivity index (χ0) is 19.9. The number of nitrogens with one attached hydrogen (secondary N) is 4. The van der Waals surface area contributed by atoms with Gasteiger partial charge in [-0.2, -0.15) is 0 Å². The van der Waals surface area contributed by atoms with Gasteiger partial charge in [0.25, 0.3) is 5.91 Å². The van der Waals surface area contributed by atoms with Crippen LogP contribution in [0.4, 0.5) is 23.0 Å². The topological polar surface area (TPSA) is 134 Å². The fraction of sp³-hybridized carbons (Fsp3) is 0.0556. The Kier molecular flexibility index (Phi) is 5.60. The Morgan fingerprint density at radius 1 is 0.929 bits per heavy atom. The number of benzene rings is 2. The van der Waals surface area contributed by atoms with Crippen molar-refractivity contribution in [2.45, 2.75) is 6.92 Å². The average molecular weight is 379 g/mol. The fourth-order valence-corrected chi connectivity index (χ4v) is 2.40. The van der Waals surface area contributed by atoms with E-state index in [1.165, 1.54) is 0 Å². The quantitative estimate of drug-likeness (QED) is 0.364. The van der Waals surface area contributed by atoms with Crippen molar-refractivity contribution < 1.29 is 9.72 Å². The number of amides is 1. The van der Waals surface area contributed by atoms with Gasteiger partial charge in [0.1, 0.15) is 6.33 Å². The molecule has 0 bridgehead atoms. The highest BCUT2D eigenvalue weighted by Gasteiger charge is 2.23. The highest BCUT2D eigenvalue weighted by atomic mass is 16.6. The Balaban J connectivity index is 1.76. The predicted octanol–water partition coefficient (Wildman–Crippen LogP) is 2.89. The first kappa shape index (κ1) is 18.6. The fourth-order valence-electron chi connectivity index (χ4n) is 2.40. The van der Waals surface area contributed by atoms with Crippen LogP contribution in [0, 0.1) is 17.0 Å². The molecule has 4 N–H and O–H groups in total. The molecule has 0 aliphatic heterocycles. The first-order chi connectivity index (χ1) is 13.6. The number of anilines is 3. The lowest BCUT2D eigenvalue weighted by Crippen LogP contribution is -2.31. The zero-order valence-corrected chi connectivity index (χ0v) is 14.8. The van der Waals surface area contributed by atoms with Gasteiger partial charge in [-0.3, -0.25) is 36.6 Å². The van der Waals surface area contributed by atoms with Gasteiger partial charge in [0, 0.05) is 5.56 Å². The summed E-state index contributed by atoms with van der Waals surface area (Å²) in [5, 5.41) is 11.5. The van der Waals surface area contributed by atoms with E-state index >= 15 is 0 Å². The summed E-state index contributed by atoms with van der Waals surface area (Å²) in [6, 6.07) is 16.0. The number of carbonyl (C=O) groups is 1. The summed E-state index contributed by atoms with van der Waals surface area (Å²) < 4.78 is 0. The molecule has 1 heterocycles. The molecule has 0 saturated heterocycles. The van der Waals surface area contributed by atoms with Crippen LogP contribution in [-0.2, 0) is 0 Å². The van der Waals surface area contributed by atoms with E-state index in [-0.39, 0.29) is 11.6 Å². The third-order valence-electron chi connectivity index (χ3n) is 3.79. The van der Waals surface area contributed by atoms with E-state index in [1.54, 1.807) is 37.3 Å². The van der Waals surface area contributed by atoms with E-state index < -0.39 is 16.5 Å². The number of hydrazine groups is 2. The molecule has 0 radical (unpaired) electrons. The molecule has 2 aromatic carbocycles. The van der Waals surface area contributed by atoms with E-state index in [0.717, 1.165) is 11.9 Å². The molecule has 28 heavy (non-hydrogen) atoms. The van der Waals surface area contributed by atoms with Crippen molar-refractivity contribution in [3.05, 3.63) is 82.2 Å². The molecular formula is C18H17N7O3. The molecule has 1 amide bonds. The van der Waals surface area contributed by atoms with Crippen LogP contribution < -0.4 is 21.7 Å². The molecule has 3 rings (SSSR count). The first-order valence-electron chi connectivity index (χ1n) is 8.24. The highest BCUT2D eigenvalue weighted by Crippen LogP contribution is 2.28. The van der Waals surface area contributed by atoms with Crippen molar-refractivity contribution in [2.75, 3.05) is 16.3 Å². The number of hydrogen-bond donors (Lipinski definition) is 4. The molecule has 0 unspecified atom stereocenters. The van der Waals surface area contributed by atoms with Gasteiger partial charge in [0.2, 0.25) is 11.6 Å². The molecule has 10 heteroatoms. The summed E-state index contributed by atoms with van der Waals surface area (Å²) in [5.41, 5.74) is 11.9. The van der Waals surface area contributed by atoms with Crippen LogP contribution in [0.1, 0.15) is 15.9 Å². The maximum absolute atomic E-state index is 12.3. The minimum absolute atomic E-state index is 0.0588. The van der Waals surface area contributed by atoms with Gasteiger partial charge in [-0.05, 0) is 30.7 Å². The van der Waals surface area contributed by atoms with Crippen molar-refractivity contribution >= 4 is 28.9 Å². The van der Waals surface area contributed by atoms with Crippen LogP contribution in [-0.4, -0.2) is 20.8 Å². The predicted molar refractivity (Wildman–Crippen MR) is 105 cm³/mol. The number of aryl methyl sites for hydroxylation is 1. The van der Waals surface area contributed by atoms with Gasteiger partial charge >= 0.3 is 5.69 Å². The monoisotopic (exact) mass is 379 g/mol. The molecule has 1 aromatic heterocycles. The lowest BCUT2D eigenvalue weighted by Gasteiger charge is -2.12. The minimum Gasteiger partial charge on any atom is -0.299 e. The molecule has 142 valence electrons. The third kappa shape index (κ3) is 4.30. The number of aromatic nitrogens is 2. The maximum atomic E-state index is 12.3. The highest BCUT2D eigenvalue weighted by molar-refractivity contribution is 5.96. The first-order valence-corrected chi connectivity index (χ1v) is 8.24. The largest absolute Gasteiger partial charge is 0.356 e. The molecular weight excluding hydrogens is 362 g/mol. The average Bonchev–Trinajstić information content (AvgIpc) is 2.71. The van der Waals surface area contributed by atoms with E-state index in [0.29, 0.717) is 11.3 Å². The maximum Gasteiger partial charge on any atom is 0.356 e. The van der Waals surface area contributed by atoms with Crippen LogP contribution in [0.3, 0.4) is 0 Å². The van der Waals surface area contributed by atoms with Gasteiger partial charge in [0.05, 0.1) is 10.6 Å². The van der Waals surface area contributed by atoms with Gasteiger partial charge < -0.3 is 0 Å². The van der Waals surface area contributed by atoms with Crippen molar-refractivity contribution in [2.24, 2.45) is 0 Å². The Bertz CT molecular complexity index is 995. The standard InChI is InChI=1S/C18H17N7O3/c1-12-7-5-6-10-14(12)18(26)24-23-17-15(25(27)28)16(19-11-20-17)22-21-13-8-3-2-4-9-13/h2-11,21H,1H3,(H,24,26)(H2,19,20,22,23). The molecule has 0 aliphatic rings. The zero-order valence-electron chi connectivity index (χ0n) is 14.8. The Morgan fingerprint density at radius 3 is 2.25 bits per heavy atom. The summed E-state index contributed by atoms with van der Waals surface area (Å²) in [7, 11) is 0. The molecule has 0 atom stereocenters. The van der Waals surface area contributed by atoms with Gasteiger partial charge in [-0.15, -0.1) is 0 Å².